The highest BCUT2D eigenvalue weighted by molar-refractivity contribution is 7.93. The SMILES string of the molecule is COc1ccc(C(=O)OCC(=O)Nc2ccccc2)cc1S(=O)(=O)N1CCCc2ccccc21. The van der Waals surface area contributed by atoms with Crippen molar-refractivity contribution in [1.82, 2.24) is 0 Å². The largest absolute Gasteiger partial charge is 0.495 e. The summed E-state index contributed by atoms with van der Waals surface area (Å²) < 4.78 is 38.9. The first-order chi connectivity index (χ1) is 16.4. The van der Waals surface area contributed by atoms with Crippen molar-refractivity contribution in [2.75, 3.05) is 29.9 Å². The number of nitrogens with one attached hydrogen (secondary N) is 1. The molecule has 1 N–H and O–H groups in total. The molecule has 0 fully saturated rings. The lowest BCUT2D eigenvalue weighted by Gasteiger charge is -2.30. The Labute approximate surface area is 198 Å². The number of aryl methyl sites for hydroxylation is 1. The van der Waals surface area contributed by atoms with Gasteiger partial charge in [-0.1, -0.05) is 36.4 Å². The Bertz CT molecular complexity index is 1310. The van der Waals surface area contributed by atoms with Gasteiger partial charge in [0, 0.05) is 12.2 Å². The number of esters is 1. The summed E-state index contributed by atoms with van der Waals surface area (Å²) >= 11 is 0. The number of sulfonamides is 1. The molecule has 0 radical (unpaired) electrons. The Morgan fingerprint density at radius 2 is 1.74 bits per heavy atom. The normalized spacial score (nSPS) is 13.0. The summed E-state index contributed by atoms with van der Waals surface area (Å²) in [4.78, 5) is 24.5. The number of rotatable bonds is 7. The minimum atomic E-state index is -4.02. The zero-order chi connectivity index (χ0) is 24.1. The van der Waals surface area contributed by atoms with Crippen LogP contribution in [0.2, 0.25) is 0 Å². The molecule has 3 aromatic rings. The zero-order valence-corrected chi connectivity index (χ0v) is 19.4. The maximum Gasteiger partial charge on any atom is 0.338 e. The number of anilines is 2. The quantitative estimate of drug-likeness (QED) is 0.518. The summed E-state index contributed by atoms with van der Waals surface area (Å²) in [7, 11) is -2.66. The number of fused-ring (bicyclic) bond motifs is 1. The topological polar surface area (TPSA) is 102 Å². The van der Waals surface area contributed by atoms with Crippen molar-refractivity contribution in [1.29, 1.82) is 0 Å². The van der Waals surface area contributed by atoms with Crippen LogP contribution < -0.4 is 14.4 Å². The lowest BCUT2D eigenvalue weighted by molar-refractivity contribution is -0.119. The fraction of sp³-hybridized carbons (Fsp3) is 0.200. The maximum atomic E-state index is 13.6. The third-order valence-corrected chi connectivity index (χ3v) is 7.26. The van der Waals surface area contributed by atoms with E-state index in [-0.39, 0.29) is 16.2 Å². The number of benzene rings is 3. The van der Waals surface area contributed by atoms with E-state index in [0.717, 1.165) is 12.0 Å². The Kier molecular flexibility index (Phi) is 6.83. The molecule has 176 valence electrons. The van der Waals surface area contributed by atoms with Crippen LogP contribution in [0.3, 0.4) is 0 Å². The summed E-state index contributed by atoms with van der Waals surface area (Å²) in [5.74, 6) is -1.21. The van der Waals surface area contributed by atoms with Gasteiger partial charge >= 0.3 is 5.97 Å². The van der Waals surface area contributed by atoms with Crippen LogP contribution >= 0.6 is 0 Å². The second-order valence-corrected chi connectivity index (χ2v) is 9.50. The highest BCUT2D eigenvalue weighted by atomic mass is 32.2. The Morgan fingerprint density at radius 1 is 1.00 bits per heavy atom. The van der Waals surface area contributed by atoms with Crippen LogP contribution in [0.15, 0.2) is 77.7 Å². The molecule has 0 saturated heterocycles. The van der Waals surface area contributed by atoms with E-state index < -0.39 is 28.5 Å². The molecule has 0 spiro atoms. The predicted octanol–water partition coefficient (Wildman–Crippen LogP) is 3.63. The summed E-state index contributed by atoms with van der Waals surface area (Å²) in [6, 6.07) is 20.1. The van der Waals surface area contributed by atoms with Crippen LogP contribution in [-0.2, 0) is 26.0 Å². The molecule has 1 aliphatic rings. The van der Waals surface area contributed by atoms with Crippen molar-refractivity contribution in [3.8, 4) is 5.75 Å². The van der Waals surface area contributed by atoms with Gasteiger partial charge in [-0.3, -0.25) is 9.10 Å². The first-order valence-electron chi connectivity index (χ1n) is 10.7. The number of carbonyl (C=O) groups excluding carboxylic acids is 2. The van der Waals surface area contributed by atoms with Crippen molar-refractivity contribution in [2.45, 2.75) is 17.7 Å². The Morgan fingerprint density at radius 3 is 2.50 bits per heavy atom. The van der Waals surface area contributed by atoms with Gasteiger partial charge in [0.05, 0.1) is 18.4 Å². The molecule has 0 saturated carbocycles. The van der Waals surface area contributed by atoms with E-state index in [1.807, 2.05) is 18.2 Å². The molecule has 4 rings (SSSR count). The number of nitrogens with zero attached hydrogens (tertiary/aromatic N) is 1. The predicted molar refractivity (Wildman–Crippen MR) is 128 cm³/mol. The van der Waals surface area contributed by atoms with Crippen LogP contribution in [0.4, 0.5) is 11.4 Å². The average Bonchev–Trinajstić information content (AvgIpc) is 2.87. The zero-order valence-electron chi connectivity index (χ0n) is 18.6. The van der Waals surface area contributed by atoms with E-state index >= 15 is 0 Å². The maximum absolute atomic E-state index is 13.6. The van der Waals surface area contributed by atoms with Gasteiger partial charge in [-0.2, -0.15) is 0 Å². The third kappa shape index (κ3) is 4.89. The molecule has 0 aromatic heterocycles. The third-order valence-electron chi connectivity index (χ3n) is 5.43. The summed E-state index contributed by atoms with van der Waals surface area (Å²) in [6.07, 6.45) is 1.47. The molecule has 0 bridgehead atoms. The van der Waals surface area contributed by atoms with Crippen molar-refractivity contribution in [3.05, 3.63) is 83.9 Å². The van der Waals surface area contributed by atoms with E-state index in [1.165, 1.54) is 29.6 Å². The molecule has 1 heterocycles. The lowest BCUT2D eigenvalue weighted by atomic mass is 10.0. The molecule has 0 atom stereocenters. The minimum absolute atomic E-state index is 0.00261. The Hall–Kier alpha value is -3.85. The number of para-hydroxylation sites is 2. The second-order valence-electron chi connectivity index (χ2n) is 7.67. The number of carbonyl (C=O) groups is 2. The van der Waals surface area contributed by atoms with Gasteiger partial charge in [0.15, 0.2) is 6.61 Å². The lowest BCUT2D eigenvalue weighted by Crippen LogP contribution is -2.35. The van der Waals surface area contributed by atoms with E-state index in [0.29, 0.717) is 24.3 Å². The van der Waals surface area contributed by atoms with E-state index in [1.54, 1.807) is 36.4 Å². The molecule has 9 heteroatoms. The van der Waals surface area contributed by atoms with E-state index in [9.17, 15) is 18.0 Å². The van der Waals surface area contributed by atoms with Crippen LogP contribution in [0.5, 0.6) is 5.75 Å². The first-order valence-corrected chi connectivity index (χ1v) is 12.1. The summed E-state index contributed by atoms with van der Waals surface area (Å²) in [5, 5.41) is 2.62. The van der Waals surface area contributed by atoms with E-state index in [4.69, 9.17) is 9.47 Å². The molecular formula is C25H24N2O6S. The number of amides is 1. The highest BCUT2D eigenvalue weighted by Crippen LogP contribution is 2.35. The standard InChI is InChI=1S/C25H24N2O6S/c1-32-22-14-13-19(25(29)33-17-24(28)26-20-10-3-2-4-11-20)16-23(22)34(30,31)27-15-7-9-18-8-5-6-12-21(18)27/h2-6,8,10-14,16H,7,9,15,17H2,1H3,(H,26,28). The number of methoxy groups -OCH3 is 1. The van der Waals surface area contributed by atoms with Gasteiger partial charge in [0.25, 0.3) is 15.9 Å². The molecular weight excluding hydrogens is 456 g/mol. The second kappa shape index (κ2) is 9.96. The van der Waals surface area contributed by atoms with Crippen molar-refractivity contribution >= 4 is 33.3 Å². The molecule has 8 nitrogen and oxygen atoms in total. The van der Waals surface area contributed by atoms with E-state index in [2.05, 4.69) is 5.32 Å². The van der Waals surface area contributed by atoms with Crippen LogP contribution in [0.25, 0.3) is 0 Å². The molecule has 3 aromatic carbocycles. The van der Waals surface area contributed by atoms with Gasteiger partial charge in [0.1, 0.15) is 10.6 Å². The summed E-state index contributed by atoms with van der Waals surface area (Å²) in [5.41, 5.74) is 2.12. The number of hydrogen-bond acceptors (Lipinski definition) is 6. The highest BCUT2D eigenvalue weighted by Gasteiger charge is 2.32. The molecule has 1 aliphatic heterocycles. The van der Waals surface area contributed by atoms with Crippen molar-refractivity contribution in [3.63, 3.8) is 0 Å². The monoisotopic (exact) mass is 480 g/mol. The van der Waals surface area contributed by atoms with Crippen LogP contribution in [0, 0.1) is 0 Å². The van der Waals surface area contributed by atoms with Gasteiger partial charge in [-0.25, -0.2) is 13.2 Å². The van der Waals surface area contributed by atoms with Gasteiger partial charge < -0.3 is 14.8 Å². The van der Waals surface area contributed by atoms with Crippen LogP contribution in [0.1, 0.15) is 22.3 Å². The Balaban J connectivity index is 1.55. The van der Waals surface area contributed by atoms with Gasteiger partial charge in [-0.05, 0) is 54.8 Å². The first kappa shape index (κ1) is 23.3. The minimum Gasteiger partial charge on any atom is -0.495 e. The molecule has 34 heavy (non-hydrogen) atoms. The molecule has 1 amide bonds. The van der Waals surface area contributed by atoms with Gasteiger partial charge in [0.2, 0.25) is 0 Å². The fourth-order valence-corrected chi connectivity index (χ4v) is 5.53. The summed E-state index contributed by atoms with van der Waals surface area (Å²) in [6.45, 7) is -0.196. The fourth-order valence-electron chi connectivity index (χ4n) is 3.81. The molecule has 0 aliphatic carbocycles. The van der Waals surface area contributed by atoms with Crippen LogP contribution in [-0.4, -0.2) is 40.6 Å². The van der Waals surface area contributed by atoms with Gasteiger partial charge in [-0.15, -0.1) is 0 Å². The number of hydrogen-bond donors (Lipinski definition) is 1. The number of ether oxygens (including phenoxy) is 2. The van der Waals surface area contributed by atoms with Crippen molar-refractivity contribution in [2.24, 2.45) is 0 Å². The average molecular weight is 481 g/mol. The smallest absolute Gasteiger partial charge is 0.338 e. The molecule has 0 unspecified atom stereocenters. The van der Waals surface area contributed by atoms with Crippen molar-refractivity contribution < 1.29 is 27.5 Å².